The standard InChI is InChI=1S/C11H15BrN2O6/c1-7-9(12)10(17)13(3-4-20-6-19-2)11(18)14(7)5-8(15)16/h3-6H2,1-2H3,(H,15,16). The van der Waals surface area contributed by atoms with Crippen molar-refractivity contribution in [1.29, 1.82) is 0 Å². The normalized spacial score (nSPS) is 10.8. The fraction of sp³-hybridized carbons (Fsp3) is 0.545. The van der Waals surface area contributed by atoms with Gasteiger partial charge in [-0.05, 0) is 22.9 Å². The molecule has 1 heterocycles. The quantitative estimate of drug-likeness (QED) is 0.539. The molecule has 0 aliphatic carbocycles. The van der Waals surface area contributed by atoms with E-state index in [2.05, 4.69) is 20.7 Å². The van der Waals surface area contributed by atoms with Gasteiger partial charge < -0.3 is 14.6 Å². The number of ether oxygens (including phenoxy) is 2. The molecule has 0 saturated carbocycles. The fourth-order valence-corrected chi connectivity index (χ4v) is 2.01. The van der Waals surface area contributed by atoms with E-state index in [9.17, 15) is 14.4 Å². The van der Waals surface area contributed by atoms with Gasteiger partial charge in [0.05, 0.1) is 13.2 Å². The highest BCUT2D eigenvalue weighted by Crippen LogP contribution is 2.08. The van der Waals surface area contributed by atoms with Crippen LogP contribution in [0.3, 0.4) is 0 Å². The molecule has 8 nitrogen and oxygen atoms in total. The molecule has 0 radical (unpaired) electrons. The first-order valence-electron chi connectivity index (χ1n) is 5.68. The topological polar surface area (TPSA) is 99.8 Å². The Morgan fingerprint density at radius 2 is 2.00 bits per heavy atom. The zero-order valence-electron chi connectivity index (χ0n) is 11.1. The molecule has 0 saturated heterocycles. The summed E-state index contributed by atoms with van der Waals surface area (Å²) < 4.78 is 11.8. The van der Waals surface area contributed by atoms with Crippen molar-refractivity contribution in [3.63, 3.8) is 0 Å². The molecule has 0 spiro atoms. The smallest absolute Gasteiger partial charge is 0.331 e. The van der Waals surface area contributed by atoms with E-state index in [1.54, 1.807) is 0 Å². The summed E-state index contributed by atoms with van der Waals surface area (Å²) in [5.41, 5.74) is -0.925. The number of rotatable bonds is 7. The first kappa shape index (κ1) is 16.6. The van der Waals surface area contributed by atoms with Gasteiger partial charge in [0.1, 0.15) is 17.8 Å². The molecule has 1 N–H and O–H groups in total. The second kappa shape index (κ2) is 7.36. The molecular weight excluding hydrogens is 336 g/mol. The second-order valence-corrected chi connectivity index (χ2v) is 4.73. The number of aromatic nitrogens is 2. The number of carboxylic acid groups (broad SMARTS) is 1. The molecule has 1 aromatic rings. The molecule has 1 aromatic heterocycles. The molecule has 0 amide bonds. The van der Waals surface area contributed by atoms with Crippen LogP contribution in [0.2, 0.25) is 0 Å². The minimum atomic E-state index is -1.16. The lowest BCUT2D eigenvalue weighted by Crippen LogP contribution is -2.43. The molecule has 0 fully saturated rings. The predicted molar refractivity (Wildman–Crippen MR) is 72.9 cm³/mol. The lowest BCUT2D eigenvalue weighted by atomic mass is 10.4. The molecular formula is C11H15BrN2O6. The van der Waals surface area contributed by atoms with Crippen molar-refractivity contribution in [3.05, 3.63) is 31.0 Å². The first-order valence-corrected chi connectivity index (χ1v) is 6.47. The Balaban J connectivity index is 3.17. The Kier molecular flexibility index (Phi) is 6.11. The van der Waals surface area contributed by atoms with Gasteiger partial charge in [-0.1, -0.05) is 0 Å². The monoisotopic (exact) mass is 350 g/mol. The third kappa shape index (κ3) is 3.78. The minimum Gasteiger partial charge on any atom is -0.480 e. The Morgan fingerprint density at radius 3 is 2.55 bits per heavy atom. The van der Waals surface area contributed by atoms with Crippen LogP contribution in [0.1, 0.15) is 5.69 Å². The van der Waals surface area contributed by atoms with Crippen LogP contribution in [0.4, 0.5) is 0 Å². The highest BCUT2D eigenvalue weighted by Gasteiger charge is 2.16. The molecule has 0 aliphatic heterocycles. The third-order valence-corrected chi connectivity index (χ3v) is 3.48. The first-order chi connectivity index (χ1) is 9.40. The van der Waals surface area contributed by atoms with E-state index in [0.717, 1.165) is 9.13 Å². The number of carbonyl (C=O) groups is 1. The van der Waals surface area contributed by atoms with Crippen molar-refractivity contribution in [3.8, 4) is 0 Å². The van der Waals surface area contributed by atoms with Gasteiger partial charge in [-0.25, -0.2) is 4.79 Å². The summed E-state index contributed by atoms with van der Waals surface area (Å²) in [5, 5.41) is 8.81. The van der Waals surface area contributed by atoms with Crippen LogP contribution in [0.15, 0.2) is 14.1 Å². The van der Waals surface area contributed by atoms with Crippen molar-refractivity contribution < 1.29 is 19.4 Å². The molecule has 0 aromatic carbocycles. The van der Waals surface area contributed by atoms with E-state index in [-0.39, 0.29) is 30.1 Å². The van der Waals surface area contributed by atoms with E-state index in [1.807, 2.05) is 0 Å². The Bertz CT molecular complexity index is 606. The summed E-state index contributed by atoms with van der Waals surface area (Å²) in [4.78, 5) is 34.9. The maximum absolute atomic E-state index is 12.1. The Morgan fingerprint density at radius 1 is 1.35 bits per heavy atom. The van der Waals surface area contributed by atoms with Crippen molar-refractivity contribution in [1.82, 2.24) is 9.13 Å². The molecule has 0 unspecified atom stereocenters. The molecule has 20 heavy (non-hydrogen) atoms. The van der Waals surface area contributed by atoms with E-state index in [1.165, 1.54) is 14.0 Å². The van der Waals surface area contributed by atoms with Crippen molar-refractivity contribution >= 4 is 21.9 Å². The number of aliphatic carboxylic acids is 1. The lowest BCUT2D eigenvalue weighted by Gasteiger charge is -2.13. The molecule has 9 heteroatoms. The highest BCUT2D eigenvalue weighted by molar-refractivity contribution is 9.10. The summed E-state index contributed by atoms with van der Waals surface area (Å²) in [5.74, 6) is -1.16. The van der Waals surface area contributed by atoms with Crippen LogP contribution >= 0.6 is 15.9 Å². The van der Waals surface area contributed by atoms with Crippen LogP contribution in [0.5, 0.6) is 0 Å². The van der Waals surface area contributed by atoms with Crippen LogP contribution in [-0.2, 0) is 27.4 Å². The van der Waals surface area contributed by atoms with Gasteiger partial charge in [-0.15, -0.1) is 0 Å². The summed E-state index contributed by atoms with van der Waals surface area (Å²) in [6, 6.07) is 0. The maximum Gasteiger partial charge on any atom is 0.331 e. The predicted octanol–water partition coefficient (Wildman–Crippen LogP) is -0.214. The second-order valence-electron chi connectivity index (χ2n) is 3.93. The van der Waals surface area contributed by atoms with Crippen LogP contribution in [-0.4, -0.2) is 40.7 Å². The van der Waals surface area contributed by atoms with Crippen molar-refractivity contribution in [2.45, 2.75) is 20.0 Å². The van der Waals surface area contributed by atoms with Crippen molar-refractivity contribution in [2.75, 3.05) is 20.5 Å². The fourth-order valence-electron chi connectivity index (χ4n) is 1.58. The molecule has 112 valence electrons. The van der Waals surface area contributed by atoms with E-state index >= 15 is 0 Å². The number of hydrogen-bond acceptors (Lipinski definition) is 5. The molecule has 0 aliphatic rings. The summed E-state index contributed by atoms with van der Waals surface area (Å²) in [6.07, 6.45) is 0. The number of hydrogen-bond donors (Lipinski definition) is 1. The van der Waals surface area contributed by atoms with Gasteiger partial charge in [0, 0.05) is 12.8 Å². The van der Waals surface area contributed by atoms with Gasteiger partial charge in [-0.2, -0.15) is 0 Å². The van der Waals surface area contributed by atoms with Gasteiger partial charge in [-0.3, -0.25) is 18.7 Å². The zero-order valence-corrected chi connectivity index (χ0v) is 12.7. The van der Waals surface area contributed by atoms with E-state index in [4.69, 9.17) is 9.84 Å². The molecule has 0 bridgehead atoms. The SMILES string of the molecule is COCOCCn1c(=O)c(Br)c(C)n(CC(=O)O)c1=O. The van der Waals surface area contributed by atoms with Crippen LogP contribution < -0.4 is 11.2 Å². The van der Waals surface area contributed by atoms with Gasteiger partial charge in [0.15, 0.2) is 0 Å². The average molecular weight is 351 g/mol. The summed E-state index contributed by atoms with van der Waals surface area (Å²) >= 11 is 3.08. The third-order valence-electron chi connectivity index (χ3n) is 2.57. The van der Waals surface area contributed by atoms with Gasteiger partial charge in [0.2, 0.25) is 0 Å². The molecule has 0 atom stereocenters. The number of halogens is 1. The number of nitrogens with zero attached hydrogens (tertiary/aromatic N) is 2. The van der Waals surface area contributed by atoms with Gasteiger partial charge >= 0.3 is 11.7 Å². The summed E-state index contributed by atoms with van der Waals surface area (Å²) in [7, 11) is 1.45. The Hall–Kier alpha value is -1.45. The van der Waals surface area contributed by atoms with Gasteiger partial charge in [0.25, 0.3) is 5.56 Å². The average Bonchev–Trinajstić information content (AvgIpc) is 2.40. The maximum atomic E-state index is 12.1. The molecule has 1 rings (SSSR count). The van der Waals surface area contributed by atoms with Crippen molar-refractivity contribution in [2.24, 2.45) is 0 Å². The van der Waals surface area contributed by atoms with Crippen LogP contribution in [0, 0.1) is 6.92 Å². The zero-order chi connectivity index (χ0) is 15.3. The Labute approximate surface area is 122 Å². The number of methoxy groups -OCH3 is 1. The number of carboxylic acids is 1. The minimum absolute atomic E-state index is 0.0134. The van der Waals surface area contributed by atoms with E-state index in [0.29, 0.717) is 0 Å². The largest absolute Gasteiger partial charge is 0.480 e. The summed E-state index contributed by atoms with van der Waals surface area (Å²) in [6.45, 7) is 1.15. The lowest BCUT2D eigenvalue weighted by molar-refractivity contribution is -0.137. The van der Waals surface area contributed by atoms with Crippen LogP contribution in [0.25, 0.3) is 0 Å². The van der Waals surface area contributed by atoms with E-state index < -0.39 is 23.8 Å². The highest BCUT2D eigenvalue weighted by atomic mass is 79.9.